The number of carbonyl (C=O) groups is 2. The first kappa shape index (κ1) is 22.5. The zero-order valence-electron chi connectivity index (χ0n) is 18.5. The zero-order chi connectivity index (χ0) is 21.6. The molecule has 0 heterocycles. The molecule has 0 aliphatic rings. The summed E-state index contributed by atoms with van der Waals surface area (Å²) in [6.45, 7) is 13.8. The molecule has 2 rings (SSSR count). The van der Waals surface area contributed by atoms with Crippen LogP contribution in [-0.4, -0.2) is 31.4 Å². The van der Waals surface area contributed by atoms with Gasteiger partial charge >= 0.3 is 0 Å². The van der Waals surface area contributed by atoms with Crippen molar-refractivity contribution in [1.29, 1.82) is 0 Å². The van der Waals surface area contributed by atoms with Gasteiger partial charge in [0.15, 0.2) is 0 Å². The van der Waals surface area contributed by atoms with Gasteiger partial charge in [0.2, 0.25) is 11.8 Å². The number of rotatable bonds is 8. The number of nitrogens with zero attached hydrogens (tertiary/aromatic N) is 2. The lowest BCUT2D eigenvalue weighted by Crippen LogP contribution is -2.47. The van der Waals surface area contributed by atoms with Crippen LogP contribution < -0.4 is 15.1 Å². The lowest BCUT2D eigenvalue weighted by molar-refractivity contribution is -0.136. The number of benzene rings is 2. The van der Waals surface area contributed by atoms with Crippen molar-refractivity contribution in [1.82, 2.24) is 0 Å². The number of anilines is 3. The van der Waals surface area contributed by atoms with E-state index in [1.807, 2.05) is 56.3 Å². The Morgan fingerprint density at radius 3 is 2.03 bits per heavy atom. The molecule has 0 unspecified atom stereocenters. The molecule has 0 bridgehead atoms. The Kier molecular flexibility index (Phi) is 7.43. The second-order valence-corrected chi connectivity index (χ2v) is 7.64. The molecular weight excluding hydrogens is 362 g/mol. The van der Waals surface area contributed by atoms with Crippen LogP contribution in [0.2, 0.25) is 0 Å². The Balaban J connectivity index is 2.21. The van der Waals surface area contributed by atoms with Gasteiger partial charge in [-0.15, -0.1) is 0 Å². The lowest BCUT2D eigenvalue weighted by Gasteiger charge is -2.30. The number of nitrogens with one attached hydrogen (secondary N) is 1. The largest absolute Gasteiger partial charge is 0.372 e. The van der Waals surface area contributed by atoms with Crippen molar-refractivity contribution in [3.63, 3.8) is 0 Å². The van der Waals surface area contributed by atoms with Crippen LogP contribution in [0.4, 0.5) is 17.1 Å². The van der Waals surface area contributed by atoms with Crippen LogP contribution in [0.5, 0.6) is 0 Å². The summed E-state index contributed by atoms with van der Waals surface area (Å²) in [5.41, 5.74) is 2.43. The van der Waals surface area contributed by atoms with Gasteiger partial charge in [0.1, 0.15) is 5.41 Å². The summed E-state index contributed by atoms with van der Waals surface area (Å²) in [7, 11) is 0. The summed E-state index contributed by atoms with van der Waals surface area (Å²) in [6.07, 6.45) is 0. The normalized spacial score (nSPS) is 11.1. The standard InChI is InChI=1S/C24H33N3O2/c1-7-26(8-2)20-15-16-21(18(4)17-20)25-22(28)24(5,6)23(29)27(9-3)19-13-11-10-12-14-19/h10-17H,7-9H2,1-6H3,(H,25,28). The van der Waals surface area contributed by atoms with Crippen LogP contribution in [0, 0.1) is 12.3 Å². The summed E-state index contributed by atoms with van der Waals surface area (Å²) >= 11 is 0. The Morgan fingerprint density at radius 2 is 1.52 bits per heavy atom. The van der Waals surface area contributed by atoms with Crippen LogP contribution in [0.15, 0.2) is 48.5 Å². The average Bonchev–Trinajstić information content (AvgIpc) is 2.72. The van der Waals surface area contributed by atoms with E-state index in [4.69, 9.17) is 0 Å². The topological polar surface area (TPSA) is 52.7 Å². The molecule has 29 heavy (non-hydrogen) atoms. The second kappa shape index (κ2) is 9.59. The van der Waals surface area contributed by atoms with E-state index in [2.05, 4.69) is 30.1 Å². The highest BCUT2D eigenvalue weighted by atomic mass is 16.2. The van der Waals surface area contributed by atoms with E-state index in [1.54, 1.807) is 18.7 Å². The fourth-order valence-electron chi connectivity index (χ4n) is 3.34. The van der Waals surface area contributed by atoms with Crippen molar-refractivity contribution in [3.05, 3.63) is 54.1 Å². The summed E-state index contributed by atoms with van der Waals surface area (Å²) in [5.74, 6) is -0.531. The maximum absolute atomic E-state index is 13.2. The van der Waals surface area contributed by atoms with E-state index in [0.717, 1.165) is 35.7 Å². The molecule has 0 atom stereocenters. The number of aryl methyl sites for hydroxylation is 1. The van der Waals surface area contributed by atoms with E-state index in [1.165, 1.54) is 0 Å². The molecule has 0 saturated heterocycles. The summed E-state index contributed by atoms with van der Waals surface area (Å²) in [5, 5.41) is 2.96. The maximum Gasteiger partial charge on any atom is 0.242 e. The summed E-state index contributed by atoms with van der Waals surface area (Å²) < 4.78 is 0. The van der Waals surface area contributed by atoms with E-state index in [9.17, 15) is 9.59 Å². The Morgan fingerprint density at radius 1 is 0.897 bits per heavy atom. The van der Waals surface area contributed by atoms with Crippen LogP contribution in [0.25, 0.3) is 0 Å². The van der Waals surface area contributed by atoms with Gasteiger partial charge in [0.25, 0.3) is 0 Å². The Hall–Kier alpha value is -2.82. The van der Waals surface area contributed by atoms with Gasteiger partial charge in [-0.1, -0.05) is 18.2 Å². The predicted molar refractivity (Wildman–Crippen MR) is 122 cm³/mol. The third kappa shape index (κ3) is 4.97. The van der Waals surface area contributed by atoms with Crippen LogP contribution in [0.3, 0.4) is 0 Å². The van der Waals surface area contributed by atoms with Crippen molar-refractivity contribution >= 4 is 28.9 Å². The number of carbonyl (C=O) groups excluding carboxylic acids is 2. The quantitative estimate of drug-likeness (QED) is 0.650. The van der Waals surface area contributed by atoms with Crippen molar-refractivity contribution in [2.24, 2.45) is 5.41 Å². The first-order valence-corrected chi connectivity index (χ1v) is 10.3. The molecule has 0 aromatic heterocycles. The monoisotopic (exact) mass is 395 g/mol. The number of hydrogen-bond donors (Lipinski definition) is 1. The highest BCUT2D eigenvalue weighted by molar-refractivity contribution is 6.15. The minimum atomic E-state index is -1.20. The Labute approximate surface area is 174 Å². The fraction of sp³-hybridized carbons (Fsp3) is 0.417. The minimum absolute atomic E-state index is 0.221. The molecular formula is C24H33N3O2. The van der Waals surface area contributed by atoms with Gasteiger partial charge in [-0.3, -0.25) is 9.59 Å². The third-order valence-corrected chi connectivity index (χ3v) is 5.32. The SMILES string of the molecule is CCN(CC)c1ccc(NC(=O)C(C)(C)C(=O)N(CC)c2ccccc2)c(C)c1. The van der Waals surface area contributed by atoms with E-state index < -0.39 is 5.41 Å². The highest BCUT2D eigenvalue weighted by Gasteiger charge is 2.39. The second-order valence-electron chi connectivity index (χ2n) is 7.64. The van der Waals surface area contributed by atoms with Gasteiger partial charge in [-0.2, -0.15) is 0 Å². The van der Waals surface area contributed by atoms with Crippen LogP contribution in [0.1, 0.15) is 40.2 Å². The van der Waals surface area contributed by atoms with Gasteiger partial charge < -0.3 is 15.1 Å². The molecule has 2 aromatic rings. The molecule has 156 valence electrons. The summed E-state index contributed by atoms with van der Waals surface area (Å²) in [4.78, 5) is 30.1. The van der Waals surface area contributed by atoms with Gasteiger partial charge in [0.05, 0.1) is 0 Å². The van der Waals surface area contributed by atoms with Gasteiger partial charge in [-0.05, 0) is 77.4 Å². The van der Waals surface area contributed by atoms with Crippen molar-refractivity contribution in [3.8, 4) is 0 Å². The maximum atomic E-state index is 13.2. The summed E-state index contributed by atoms with van der Waals surface area (Å²) in [6, 6.07) is 15.4. The molecule has 0 fully saturated rings. The molecule has 5 nitrogen and oxygen atoms in total. The Bertz CT molecular complexity index is 842. The van der Waals surface area contributed by atoms with E-state index in [-0.39, 0.29) is 11.8 Å². The van der Waals surface area contributed by atoms with Crippen molar-refractivity contribution in [2.45, 2.75) is 41.5 Å². The predicted octanol–water partition coefficient (Wildman–Crippen LogP) is 4.86. The molecule has 0 aliphatic heterocycles. The zero-order valence-corrected chi connectivity index (χ0v) is 18.5. The van der Waals surface area contributed by atoms with Gasteiger partial charge in [-0.25, -0.2) is 0 Å². The molecule has 0 radical (unpaired) electrons. The smallest absolute Gasteiger partial charge is 0.242 e. The van der Waals surface area contributed by atoms with Crippen molar-refractivity contribution < 1.29 is 9.59 Å². The van der Waals surface area contributed by atoms with Gasteiger partial charge in [0, 0.05) is 36.7 Å². The highest BCUT2D eigenvalue weighted by Crippen LogP contribution is 2.28. The molecule has 2 aromatic carbocycles. The average molecular weight is 396 g/mol. The van der Waals surface area contributed by atoms with Crippen molar-refractivity contribution in [2.75, 3.05) is 34.8 Å². The van der Waals surface area contributed by atoms with Crippen LogP contribution >= 0.6 is 0 Å². The molecule has 5 heteroatoms. The molecule has 2 amide bonds. The first-order valence-electron chi connectivity index (χ1n) is 10.3. The number of hydrogen-bond acceptors (Lipinski definition) is 3. The number of para-hydroxylation sites is 1. The first-order chi connectivity index (χ1) is 13.8. The third-order valence-electron chi connectivity index (χ3n) is 5.32. The van der Waals surface area contributed by atoms with E-state index in [0.29, 0.717) is 6.54 Å². The van der Waals surface area contributed by atoms with Crippen LogP contribution in [-0.2, 0) is 9.59 Å². The number of amides is 2. The molecule has 0 spiro atoms. The minimum Gasteiger partial charge on any atom is -0.372 e. The fourth-order valence-corrected chi connectivity index (χ4v) is 3.34. The van der Waals surface area contributed by atoms with E-state index >= 15 is 0 Å². The molecule has 0 aliphatic carbocycles. The molecule has 0 saturated carbocycles. The lowest BCUT2D eigenvalue weighted by atomic mass is 9.89. The molecule has 1 N–H and O–H groups in total.